The van der Waals surface area contributed by atoms with E-state index in [1.165, 1.54) is 12.1 Å². The zero-order chi connectivity index (χ0) is 18.0. The van der Waals surface area contributed by atoms with Crippen LogP contribution < -0.4 is 10.0 Å². The van der Waals surface area contributed by atoms with Crippen molar-refractivity contribution in [3.05, 3.63) is 30.1 Å². The molecule has 2 saturated heterocycles. The first-order valence-corrected chi connectivity index (χ1v) is 9.42. The molecule has 25 heavy (non-hydrogen) atoms. The van der Waals surface area contributed by atoms with Crippen molar-refractivity contribution in [2.45, 2.75) is 17.4 Å². The van der Waals surface area contributed by atoms with E-state index in [-0.39, 0.29) is 35.8 Å². The molecule has 1 aromatic carbocycles. The first kappa shape index (κ1) is 17.6. The van der Waals surface area contributed by atoms with Crippen LogP contribution in [-0.4, -0.2) is 68.9 Å². The number of nitrogens with zero attached hydrogens (tertiary/aromatic N) is 2. The number of urea groups is 1. The molecule has 3 rings (SSSR count). The highest BCUT2D eigenvalue weighted by Gasteiger charge is 2.36. The number of nitrogens with one attached hydrogen (secondary N) is 2. The normalized spacial score (nSPS) is 20.4. The van der Waals surface area contributed by atoms with E-state index in [0.717, 1.165) is 12.1 Å². The van der Waals surface area contributed by atoms with Gasteiger partial charge in [-0.3, -0.25) is 4.79 Å². The Morgan fingerprint density at radius 2 is 2.00 bits per heavy atom. The van der Waals surface area contributed by atoms with Crippen LogP contribution in [0.1, 0.15) is 6.42 Å². The molecule has 2 heterocycles. The van der Waals surface area contributed by atoms with Crippen LogP contribution in [-0.2, 0) is 14.8 Å². The van der Waals surface area contributed by atoms with Crippen LogP contribution in [0.4, 0.5) is 9.18 Å². The number of hydrogen-bond donors (Lipinski definition) is 2. The number of amides is 3. The summed E-state index contributed by atoms with van der Waals surface area (Å²) in [6, 6.07) is 4.34. The van der Waals surface area contributed by atoms with E-state index >= 15 is 0 Å². The molecule has 3 amide bonds. The molecule has 0 aliphatic carbocycles. The van der Waals surface area contributed by atoms with Gasteiger partial charge in [-0.25, -0.2) is 22.3 Å². The van der Waals surface area contributed by atoms with Crippen LogP contribution in [0.3, 0.4) is 0 Å². The average Bonchev–Trinajstić information content (AvgIpc) is 2.95. The quantitative estimate of drug-likeness (QED) is 0.745. The van der Waals surface area contributed by atoms with Gasteiger partial charge in [0.1, 0.15) is 5.82 Å². The SMILES string of the molecule is O=C(CCNS(=O)(=O)c1ccc(F)cc1)N1CCN2C(=O)NCC2C1. The van der Waals surface area contributed by atoms with Crippen molar-refractivity contribution < 1.29 is 22.4 Å². The minimum atomic E-state index is -3.78. The summed E-state index contributed by atoms with van der Waals surface area (Å²) in [6.07, 6.45) is 0.0223. The summed E-state index contributed by atoms with van der Waals surface area (Å²) in [6.45, 7) is 1.83. The molecule has 8 nitrogen and oxygen atoms in total. The smallest absolute Gasteiger partial charge is 0.317 e. The number of carbonyl (C=O) groups is 2. The van der Waals surface area contributed by atoms with Crippen LogP contribution in [0, 0.1) is 5.82 Å². The van der Waals surface area contributed by atoms with E-state index in [1.807, 2.05) is 0 Å². The second-order valence-electron chi connectivity index (χ2n) is 5.97. The predicted molar refractivity (Wildman–Crippen MR) is 86.7 cm³/mol. The zero-order valence-electron chi connectivity index (χ0n) is 13.4. The molecule has 0 aromatic heterocycles. The highest BCUT2D eigenvalue weighted by atomic mass is 32.2. The third-order valence-electron chi connectivity index (χ3n) is 4.34. The first-order chi connectivity index (χ1) is 11.9. The van der Waals surface area contributed by atoms with E-state index in [4.69, 9.17) is 0 Å². The van der Waals surface area contributed by atoms with Crippen LogP contribution >= 0.6 is 0 Å². The maximum absolute atomic E-state index is 12.9. The average molecular weight is 370 g/mol. The lowest BCUT2D eigenvalue weighted by atomic mass is 10.2. The van der Waals surface area contributed by atoms with E-state index in [9.17, 15) is 22.4 Å². The van der Waals surface area contributed by atoms with Crippen molar-refractivity contribution in [3.8, 4) is 0 Å². The largest absolute Gasteiger partial charge is 0.339 e. The maximum Gasteiger partial charge on any atom is 0.317 e. The number of sulfonamides is 1. The standard InChI is InChI=1S/C15H19FN4O4S/c16-11-1-3-13(4-2-11)25(23,24)18-6-5-14(21)19-7-8-20-12(10-19)9-17-15(20)22/h1-4,12,18H,5-10H2,(H,17,22). The van der Waals surface area contributed by atoms with Gasteiger partial charge in [0.25, 0.3) is 0 Å². The molecule has 0 bridgehead atoms. The molecule has 1 atom stereocenters. The number of benzene rings is 1. The van der Waals surface area contributed by atoms with Crippen molar-refractivity contribution in [1.82, 2.24) is 19.8 Å². The molecule has 10 heteroatoms. The Labute approximate surface area is 145 Å². The van der Waals surface area contributed by atoms with Crippen LogP contribution in [0.2, 0.25) is 0 Å². The lowest BCUT2D eigenvalue weighted by Crippen LogP contribution is -2.54. The summed E-state index contributed by atoms with van der Waals surface area (Å²) in [5.74, 6) is -0.686. The van der Waals surface area contributed by atoms with E-state index in [1.54, 1.807) is 9.80 Å². The summed E-state index contributed by atoms with van der Waals surface area (Å²) in [5.41, 5.74) is 0. The van der Waals surface area contributed by atoms with Crippen LogP contribution in [0.25, 0.3) is 0 Å². The number of rotatable bonds is 5. The maximum atomic E-state index is 12.9. The lowest BCUT2D eigenvalue weighted by molar-refractivity contribution is -0.133. The van der Waals surface area contributed by atoms with Crippen molar-refractivity contribution >= 4 is 22.0 Å². The topological polar surface area (TPSA) is 98.8 Å². The second kappa shape index (κ2) is 6.96. The van der Waals surface area contributed by atoms with Gasteiger partial charge in [0.05, 0.1) is 10.9 Å². The summed E-state index contributed by atoms with van der Waals surface area (Å²) in [7, 11) is -3.78. The van der Waals surface area contributed by atoms with Gasteiger partial charge in [0.2, 0.25) is 15.9 Å². The molecule has 2 N–H and O–H groups in total. The molecule has 2 fully saturated rings. The van der Waals surface area contributed by atoms with E-state index < -0.39 is 15.8 Å². The lowest BCUT2D eigenvalue weighted by Gasteiger charge is -2.36. The molecule has 1 unspecified atom stereocenters. The van der Waals surface area contributed by atoms with E-state index in [0.29, 0.717) is 26.2 Å². The van der Waals surface area contributed by atoms with Gasteiger partial charge in [-0.1, -0.05) is 0 Å². The molecule has 0 radical (unpaired) electrons. The van der Waals surface area contributed by atoms with Gasteiger partial charge in [0.15, 0.2) is 0 Å². The van der Waals surface area contributed by atoms with Crippen molar-refractivity contribution in [2.24, 2.45) is 0 Å². The Morgan fingerprint density at radius 3 is 2.72 bits per heavy atom. The van der Waals surface area contributed by atoms with Crippen molar-refractivity contribution in [3.63, 3.8) is 0 Å². The Bertz CT molecular complexity index is 768. The molecule has 1 aromatic rings. The zero-order valence-corrected chi connectivity index (χ0v) is 14.3. The van der Waals surface area contributed by atoms with Gasteiger partial charge in [-0.2, -0.15) is 0 Å². The summed E-state index contributed by atoms with van der Waals surface area (Å²) in [5, 5.41) is 2.74. The minimum Gasteiger partial charge on any atom is -0.339 e. The Kier molecular flexibility index (Phi) is 4.91. The van der Waals surface area contributed by atoms with E-state index in [2.05, 4.69) is 10.0 Å². The molecule has 0 spiro atoms. The highest BCUT2D eigenvalue weighted by molar-refractivity contribution is 7.89. The first-order valence-electron chi connectivity index (χ1n) is 7.94. The third-order valence-corrected chi connectivity index (χ3v) is 5.82. The summed E-state index contributed by atoms with van der Waals surface area (Å²) in [4.78, 5) is 27.1. The monoisotopic (exact) mass is 370 g/mol. The van der Waals surface area contributed by atoms with Gasteiger partial charge in [-0.05, 0) is 24.3 Å². The number of fused-ring (bicyclic) bond motifs is 1. The van der Waals surface area contributed by atoms with Gasteiger partial charge < -0.3 is 15.1 Å². The fourth-order valence-electron chi connectivity index (χ4n) is 2.98. The fraction of sp³-hybridized carbons (Fsp3) is 0.467. The Hall–Kier alpha value is -2.20. The van der Waals surface area contributed by atoms with Crippen molar-refractivity contribution in [1.29, 1.82) is 0 Å². The van der Waals surface area contributed by atoms with Gasteiger partial charge in [-0.15, -0.1) is 0 Å². The number of halogens is 1. The number of hydrogen-bond acceptors (Lipinski definition) is 4. The summed E-state index contributed by atoms with van der Waals surface area (Å²) < 4.78 is 39.4. The molecular weight excluding hydrogens is 351 g/mol. The Balaban J connectivity index is 1.49. The number of piperazine rings is 1. The van der Waals surface area contributed by atoms with Gasteiger partial charge in [0, 0.05) is 39.1 Å². The fourth-order valence-corrected chi connectivity index (χ4v) is 4.01. The molecule has 0 saturated carbocycles. The van der Waals surface area contributed by atoms with Crippen LogP contribution in [0.15, 0.2) is 29.2 Å². The molecule has 136 valence electrons. The van der Waals surface area contributed by atoms with Crippen molar-refractivity contribution in [2.75, 3.05) is 32.7 Å². The molecular formula is C15H19FN4O4S. The highest BCUT2D eigenvalue weighted by Crippen LogP contribution is 2.15. The summed E-state index contributed by atoms with van der Waals surface area (Å²) >= 11 is 0. The second-order valence-corrected chi connectivity index (χ2v) is 7.74. The third kappa shape index (κ3) is 3.90. The van der Waals surface area contributed by atoms with Gasteiger partial charge >= 0.3 is 6.03 Å². The minimum absolute atomic E-state index is 0.0223. The predicted octanol–water partition coefficient (Wildman–Crippen LogP) is -0.270. The van der Waals surface area contributed by atoms with Crippen LogP contribution in [0.5, 0.6) is 0 Å². The molecule has 2 aliphatic heterocycles. The molecule has 2 aliphatic rings. The Morgan fingerprint density at radius 1 is 1.28 bits per heavy atom. The number of carbonyl (C=O) groups excluding carboxylic acids is 2.